The zero-order valence-electron chi connectivity index (χ0n) is 10.7. The number of halogens is 1. The molecule has 0 heterocycles. The summed E-state index contributed by atoms with van der Waals surface area (Å²) in [6.07, 6.45) is 1.39. The van der Waals surface area contributed by atoms with Gasteiger partial charge in [0.05, 0.1) is 12.7 Å². The summed E-state index contributed by atoms with van der Waals surface area (Å²) < 4.78 is 5.97. The van der Waals surface area contributed by atoms with Crippen LogP contribution in [0.25, 0.3) is 0 Å². The van der Waals surface area contributed by atoms with Crippen LogP contribution in [0.3, 0.4) is 0 Å². The van der Waals surface area contributed by atoms with Gasteiger partial charge in [0.2, 0.25) is 0 Å². The predicted octanol–water partition coefficient (Wildman–Crippen LogP) is 3.24. The molecule has 0 spiro atoms. The summed E-state index contributed by atoms with van der Waals surface area (Å²) in [6, 6.07) is 8.41. The summed E-state index contributed by atoms with van der Waals surface area (Å²) in [5, 5.41) is 4.11. The van der Waals surface area contributed by atoms with E-state index in [-0.39, 0.29) is 5.41 Å². The lowest BCUT2D eigenvalue weighted by Gasteiger charge is -2.51. The van der Waals surface area contributed by atoms with Gasteiger partial charge in [-0.3, -0.25) is 0 Å². The molecule has 1 N–H and O–H groups in total. The van der Waals surface area contributed by atoms with Gasteiger partial charge < -0.3 is 10.1 Å². The van der Waals surface area contributed by atoms with Crippen LogP contribution in [0.5, 0.6) is 0 Å². The Kier molecular flexibility index (Phi) is 3.76. The van der Waals surface area contributed by atoms with E-state index in [9.17, 15) is 0 Å². The fourth-order valence-electron chi connectivity index (χ4n) is 2.46. The van der Waals surface area contributed by atoms with Crippen LogP contribution in [0.1, 0.15) is 25.8 Å². The third-order valence-corrected chi connectivity index (χ3v) is 4.29. The second kappa shape index (κ2) is 4.97. The van der Waals surface area contributed by atoms with Crippen LogP contribution in [0.2, 0.25) is 5.02 Å². The first-order valence-electron chi connectivity index (χ1n) is 6.08. The second-order valence-corrected chi connectivity index (χ2v) is 5.70. The van der Waals surface area contributed by atoms with Gasteiger partial charge in [0.1, 0.15) is 0 Å². The van der Waals surface area contributed by atoms with Crippen molar-refractivity contribution in [1.29, 1.82) is 0 Å². The van der Waals surface area contributed by atoms with Crippen LogP contribution in [0, 0.1) is 5.41 Å². The Balaban J connectivity index is 1.91. The SMILES string of the molecule is CNC1CC(OCc2ccccc2Cl)C1(C)C. The lowest BCUT2D eigenvalue weighted by atomic mass is 9.64. The molecule has 0 radical (unpaired) electrons. The van der Waals surface area contributed by atoms with Gasteiger partial charge in [-0.2, -0.15) is 0 Å². The van der Waals surface area contributed by atoms with Gasteiger partial charge >= 0.3 is 0 Å². The van der Waals surface area contributed by atoms with Gasteiger partial charge in [0.15, 0.2) is 0 Å². The summed E-state index contributed by atoms with van der Waals surface area (Å²) >= 11 is 6.10. The minimum absolute atomic E-state index is 0.204. The Hall–Kier alpha value is -0.570. The summed E-state index contributed by atoms with van der Waals surface area (Å²) in [4.78, 5) is 0. The number of benzene rings is 1. The molecule has 1 aliphatic rings. The molecule has 17 heavy (non-hydrogen) atoms. The lowest BCUT2D eigenvalue weighted by Crippen LogP contribution is -2.59. The number of nitrogens with one attached hydrogen (secondary N) is 1. The molecule has 1 saturated carbocycles. The molecule has 2 rings (SSSR count). The lowest BCUT2D eigenvalue weighted by molar-refractivity contribution is -0.123. The van der Waals surface area contributed by atoms with Crippen LogP contribution >= 0.6 is 11.6 Å². The Morgan fingerprint density at radius 3 is 2.71 bits per heavy atom. The fraction of sp³-hybridized carbons (Fsp3) is 0.571. The van der Waals surface area contributed by atoms with Crippen molar-refractivity contribution in [3.8, 4) is 0 Å². The Labute approximate surface area is 108 Å². The van der Waals surface area contributed by atoms with E-state index >= 15 is 0 Å². The smallest absolute Gasteiger partial charge is 0.0735 e. The van der Waals surface area contributed by atoms with Gasteiger partial charge in [0, 0.05) is 16.5 Å². The fourth-order valence-corrected chi connectivity index (χ4v) is 2.65. The number of hydrogen-bond donors (Lipinski definition) is 1. The molecule has 0 aliphatic heterocycles. The number of rotatable bonds is 4. The van der Waals surface area contributed by atoms with E-state index < -0.39 is 0 Å². The maximum Gasteiger partial charge on any atom is 0.0735 e. The molecule has 1 fully saturated rings. The number of ether oxygens (including phenoxy) is 1. The first-order valence-corrected chi connectivity index (χ1v) is 6.45. The molecule has 1 aromatic carbocycles. The van der Waals surface area contributed by atoms with Crippen LogP contribution in [0.4, 0.5) is 0 Å². The monoisotopic (exact) mass is 253 g/mol. The number of hydrogen-bond acceptors (Lipinski definition) is 2. The largest absolute Gasteiger partial charge is 0.373 e. The van der Waals surface area contributed by atoms with Crippen molar-refractivity contribution >= 4 is 11.6 Å². The average molecular weight is 254 g/mol. The van der Waals surface area contributed by atoms with Gasteiger partial charge in [-0.25, -0.2) is 0 Å². The molecule has 94 valence electrons. The highest BCUT2D eigenvalue weighted by atomic mass is 35.5. The van der Waals surface area contributed by atoms with Crippen molar-refractivity contribution in [2.75, 3.05) is 7.05 Å². The van der Waals surface area contributed by atoms with Crippen molar-refractivity contribution < 1.29 is 4.74 Å². The van der Waals surface area contributed by atoms with Crippen molar-refractivity contribution in [2.45, 2.75) is 39.0 Å². The van der Waals surface area contributed by atoms with Crippen LogP contribution in [0.15, 0.2) is 24.3 Å². The van der Waals surface area contributed by atoms with E-state index in [0.29, 0.717) is 18.8 Å². The van der Waals surface area contributed by atoms with Gasteiger partial charge in [-0.1, -0.05) is 43.6 Å². The first-order chi connectivity index (χ1) is 8.05. The van der Waals surface area contributed by atoms with E-state index in [2.05, 4.69) is 19.2 Å². The highest BCUT2D eigenvalue weighted by molar-refractivity contribution is 6.31. The van der Waals surface area contributed by atoms with Gasteiger partial charge in [-0.05, 0) is 25.1 Å². The quantitative estimate of drug-likeness (QED) is 0.890. The molecule has 2 nitrogen and oxygen atoms in total. The Morgan fingerprint density at radius 2 is 2.12 bits per heavy atom. The highest BCUT2D eigenvalue weighted by Crippen LogP contribution is 2.43. The molecular formula is C14H20ClNO. The maximum atomic E-state index is 6.10. The van der Waals surface area contributed by atoms with Crippen LogP contribution < -0.4 is 5.32 Å². The molecule has 3 heteroatoms. The third-order valence-electron chi connectivity index (χ3n) is 3.92. The minimum atomic E-state index is 0.204. The van der Waals surface area contributed by atoms with Crippen molar-refractivity contribution in [2.24, 2.45) is 5.41 Å². The average Bonchev–Trinajstić information content (AvgIpc) is 2.30. The zero-order valence-corrected chi connectivity index (χ0v) is 11.4. The van der Waals surface area contributed by atoms with E-state index in [1.54, 1.807) is 0 Å². The highest BCUT2D eigenvalue weighted by Gasteiger charge is 2.48. The molecule has 1 aliphatic carbocycles. The molecule has 1 aromatic rings. The van der Waals surface area contributed by atoms with Crippen molar-refractivity contribution in [3.63, 3.8) is 0 Å². The molecule has 2 atom stereocenters. The first kappa shape index (κ1) is 12.9. The van der Waals surface area contributed by atoms with Crippen LogP contribution in [-0.2, 0) is 11.3 Å². The molecule has 2 unspecified atom stereocenters. The van der Waals surface area contributed by atoms with E-state index in [4.69, 9.17) is 16.3 Å². The van der Waals surface area contributed by atoms with Gasteiger partial charge in [0.25, 0.3) is 0 Å². The summed E-state index contributed by atoms with van der Waals surface area (Å²) in [5.74, 6) is 0. The van der Waals surface area contributed by atoms with Crippen molar-refractivity contribution in [1.82, 2.24) is 5.32 Å². The topological polar surface area (TPSA) is 21.3 Å². The summed E-state index contributed by atoms with van der Waals surface area (Å²) in [7, 11) is 2.01. The van der Waals surface area contributed by atoms with Crippen LogP contribution in [-0.4, -0.2) is 19.2 Å². The van der Waals surface area contributed by atoms with E-state index in [1.165, 1.54) is 0 Å². The molecular weight excluding hydrogens is 234 g/mol. The summed E-state index contributed by atoms with van der Waals surface area (Å²) in [5.41, 5.74) is 1.27. The second-order valence-electron chi connectivity index (χ2n) is 5.29. The molecule has 0 amide bonds. The Morgan fingerprint density at radius 1 is 1.41 bits per heavy atom. The molecule has 0 bridgehead atoms. The standard InChI is InChI=1S/C14H20ClNO/c1-14(2)12(16-3)8-13(14)17-9-10-6-4-5-7-11(10)15/h4-7,12-13,16H,8-9H2,1-3H3. The third kappa shape index (κ3) is 2.49. The Bertz CT molecular complexity index is 392. The normalized spacial score (nSPS) is 26.6. The molecule has 0 aromatic heterocycles. The molecule has 0 saturated heterocycles. The minimum Gasteiger partial charge on any atom is -0.373 e. The van der Waals surface area contributed by atoms with E-state index in [1.807, 2.05) is 31.3 Å². The zero-order chi connectivity index (χ0) is 12.5. The van der Waals surface area contributed by atoms with E-state index in [0.717, 1.165) is 17.0 Å². The van der Waals surface area contributed by atoms with Crippen molar-refractivity contribution in [3.05, 3.63) is 34.9 Å². The predicted molar refractivity (Wildman–Crippen MR) is 71.3 cm³/mol. The maximum absolute atomic E-state index is 6.10. The van der Waals surface area contributed by atoms with Gasteiger partial charge in [-0.15, -0.1) is 0 Å². The summed E-state index contributed by atoms with van der Waals surface area (Å²) in [6.45, 7) is 5.09.